The molecule has 0 bridgehead atoms. The number of halogens is 4. The van der Waals surface area contributed by atoms with Gasteiger partial charge in [-0.25, -0.2) is 0 Å². The highest BCUT2D eigenvalue weighted by Crippen LogP contribution is 2.29. The standard InChI is InChI=1S/C12H14F3IO3/c1-17-3-2-4-18-10-5-9(8-16)6-11(7-10)19-12(13,14)15/h5-7H,2-4,8H2,1H3. The molecule has 0 heterocycles. The lowest BCUT2D eigenvalue weighted by molar-refractivity contribution is -0.274. The SMILES string of the molecule is COCCCOc1cc(CI)cc(OC(F)(F)F)c1. The summed E-state index contributed by atoms with van der Waals surface area (Å²) >= 11 is 2.06. The summed E-state index contributed by atoms with van der Waals surface area (Å²) < 4.78 is 51.2. The van der Waals surface area contributed by atoms with E-state index in [9.17, 15) is 13.2 Å². The molecule has 3 nitrogen and oxygen atoms in total. The van der Waals surface area contributed by atoms with Crippen molar-refractivity contribution in [2.45, 2.75) is 17.2 Å². The molecule has 0 radical (unpaired) electrons. The van der Waals surface area contributed by atoms with Crippen molar-refractivity contribution in [2.75, 3.05) is 20.3 Å². The highest BCUT2D eigenvalue weighted by Gasteiger charge is 2.31. The number of hydrogen-bond donors (Lipinski definition) is 0. The van der Waals surface area contributed by atoms with Gasteiger partial charge in [0.1, 0.15) is 11.5 Å². The van der Waals surface area contributed by atoms with Crippen LogP contribution in [0.2, 0.25) is 0 Å². The lowest BCUT2D eigenvalue weighted by Crippen LogP contribution is -2.17. The van der Waals surface area contributed by atoms with Crippen molar-refractivity contribution in [2.24, 2.45) is 0 Å². The number of alkyl halides is 4. The van der Waals surface area contributed by atoms with Crippen LogP contribution in [0.5, 0.6) is 11.5 Å². The minimum atomic E-state index is -4.70. The molecule has 0 aromatic heterocycles. The molecule has 1 aromatic carbocycles. The summed E-state index contributed by atoms with van der Waals surface area (Å²) in [5.74, 6) is 0.105. The third kappa shape index (κ3) is 6.86. The first-order valence-corrected chi connectivity index (χ1v) is 7.04. The van der Waals surface area contributed by atoms with E-state index in [0.717, 1.165) is 0 Å². The van der Waals surface area contributed by atoms with E-state index in [2.05, 4.69) is 27.3 Å². The molecule has 19 heavy (non-hydrogen) atoms. The molecule has 0 amide bonds. The normalized spacial score (nSPS) is 11.4. The summed E-state index contributed by atoms with van der Waals surface area (Å²) in [6.07, 6.45) is -4.03. The Labute approximate surface area is 123 Å². The van der Waals surface area contributed by atoms with Crippen LogP contribution in [0, 0.1) is 0 Å². The summed E-state index contributed by atoms with van der Waals surface area (Å²) in [4.78, 5) is 0. The number of ether oxygens (including phenoxy) is 3. The molecule has 1 rings (SSSR count). The van der Waals surface area contributed by atoms with Crippen LogP contribution >= 0.6 is 22.6 Å². The second-order valence-corrected chi connectivity index (χ2v) is 4.45. The van der Waals surface area contributed by atoms with Crippen LogP contribution in [-0.2, 0) is 9.16 Å². The fourth-order valence-electron chi connectivity index (χ4n) is 1.38. The van der Waals surface area contributed by atoms with E-state index in [1.165, 1.54) is 12.1 Å². The number of methoxy groups -OCH3 is 1. The molecule has 108 valence electrons. The number of rotatable bonds is 7. The zero-order valence-corrected chi connectivity index (χ0v) is 12.5. The predicted molar refractivity (Wildman–Crippen MR) is 72.8 cm³/mol. The van der Waals surface area contributed by atoms with Crippen molar-refractivity contribution >= 4 is 22.6 Å². The van der Waals surface area contributed by atoms with Crippen molar-refractivity contribution in [3.05, 3.63) is 23.8 Å². The maximum absolute atomic E-state index is 12.2. The summed E-state index contributed by atoms with van der Waals surface area (Å²) in [6, 6.07) is 4.28. The van der Waals surface area contributed by atoms with Crippen LogP contribution in [0.1, 0.15) is 12.0 Å². The number of hydrogen-bond acceptors (Lipinski definition) is 3. The largest absolute Gasteiger partial charge is 0.573 e. The number of benzene rings is 1. The van der Waals surface area contributed by atoms with Crippen LogP contribution in [0.3, 0.4) is 0 Å². The second kappa shape index (κ2) is 7.78. The summed E-state index contributed by atoms with van der Waals surface area (Å²) in [7, 11) is 1.58. The highest BCUT2D eigenvalue weighted by atomic mass is 127. The van der Waals surface area contributed by atoms with E-state index < -0.39 is 6.36 Å². The zero-order chi connectivity index (χ0) is 14.3. The van der Waals surface area contributed by atoms with Gasteiger partial charge in [-0.15, -0.1) is 13.2 Å². The van der Waals surface area contributed by atoms with Gasteiger partial charge in [-0.3, -0.25) is 0 Å². The Morgan fingerprint density at radius 3 is 2.37 bits per heavy atom. The van der Waals surface area contributed by atoms with Crippen LogP contribution in [0.15, 0.2) is 18.2 Å². The average Bonchev–Trinajstić information content (AvgIpc) is 2.32. The lowest BCUT2D eigenvalue weighted by atomic mass is 10.2. The maximum atomic E-state index is 12.2. The maximum Gasteiger partial charge on any atom is 0.573 e. The highest BCUT2D eigenvalue weighted by molar-refractivity contribution is 14.1. The molecule has 0 fully saturated rings. The minimum Gasteiger partial charge on any atom is -0.493 e. The molecule has 0 aliphatic rings. The lowest BCUT2D eigenvalue weighted by Gasteiger charge is -2.12. The second-order valence-electron chi connectivity index (χ2n) is 3.69. The fourth-order valence-corrected chi connectivity index (χ4v) is 1.82. The van der Waals surface area contributed by atoms with Gasteiger partial charge < -0.3 is 14.2 Å². The fraction of sp³-hybridized carbons (Fsp3) is 0.500. The first-order valence-electron chi connectivity index (χ1n) is 5.52. The zero-order valence-electron chi connectivity index (χ0n) is 10.3. The quantitative estimate of drug-likeness (QED) is 0.401. The van der Waals surface area contributed by atoms with Crippen molar-refractivity contribution in [3.63, 3.8) is 0 Å². The van der Waals surface area contributed by atoms with Crippen molar-refractivity contribution in [1.29, 1.82) is 0 Å². The molecule has 0 saturated carbocycles. The van der Waals surface area contributed by atoms with Crippen LogP contribution in [0.25, 0.3) is 0 Å². The average molecular weight is 390 g/mol. The Balaban J connectivity index is 2.72. The Kier molecular flexibility index (Phi) is 6.70. The van der Waals surface area contributed by atoms with Gasteiger partial charge in [0, 0.05) is 30.6 Å². The van der Waals surface area contributed by atoms with Gasteiger partial charge in [0.05, 0.1) is 6.61 Å². The van der Waals surface area contributed by atoms with E-state index in [-0.39, 0.29) is 5.75 Å². The van der Waals surface area contributed by atoms with Crippen molar-refractivity contribution in [3.8, 4) is 11.5 Å². The van der Waals surface area contributed by atoms with Gasteiger partial charge in [-0.2, -0.15) is 0 Å². The Hall–Kier alpha value is -0.700. The molecule has 0 N–H and O–H groups in total. The van der Waals surface area contributed by atoms with Crippen LogP contribution in [-0.4, -0.2) is 26.7 Å². The smallest absolute Gasteiger partial charge is 0.493 e. The molecule has 0 atom stereocenters. The van der Waals surface area contributed by atoms with E-state index in [4.69, 9.17) is 9.47 Å². The molecular weight excluding hydrogens is 376 g/mol. The van der Waals surface area contributed by atoms with E-state index >= 15 is 0 Å². The Morgan fingerprint density at radius 2 is 1.79 bits per heavy atom. The van der Waals surface area contributed by atoms with E-state index in [0.29, 0.717) is 35.4 Å². The van der Waals surface area contributed by atoms with Gasteiger partial charge >= 0.3 is 6.36 Å². The summed E-state index contributed by atoms with van der Waals surface area (Å²) in [6.45, 7) is 0.919. The molecular formula is C12H14F3IO3. The van der Waals surface area contributed by atoms with Crippen molar-refractivity contribution in [1.82, 2.24) is 0 Å². The molecule has 0 aliphatic carbocycles. The first-order chi connectivity index (χ1) is 8.94. The molecule has 0 saturated heterocycles. The molecule has 0 unspecified atom stereocenters. The molecule has 0 spiro atoms. The summed E-state index contributed by atoms with van der Waals surface area (Å²) in [5, 5.41) is 0. The minimum absolute atomic E-state index is 0.261. The third-order valence-corrected chi connectivity index (χ3v) is 2.97. The Morgan fingerprint density at radius 1 is 1.11 bits per heavy atom. The van der Waals surface area contributed by atoms with Gasteiger partial charge in [-0.05, 0) is 17.7 Å². The summed E-state index contributed by atoms with van der Waals surface area (Å²) in [5.41, 5.74) is 0.712. The molecule has 1 aromatic rings. The molecule has 7 heteroatoms. The third-order valence-electron chi connectivity index (χ3n) is 2.09. The predicted octanol–water partition coefficient (Wildman–Crippen LogP) is 3.94. The van der Waals surface area contributed by atoms with Gasteiger partial charge in [0.25, 0.3) is 0 Å². The van der Waals surface area contributed by atoms with Gasteiger partial charge in [0.15, 0.2) is 0 Å². The van der Waals surface area contributed by atoms with Crippen LogP contribution in [0.4, 0.5) is 13.2 Å². The van der Waals surface area contributed by atoms with E-state index in [1.807, 2.05) is 0 Å². The van der Waals surface area contributed by atoms with Crippen molar-refractivity contribution < 1.29 is 27.4 Å². The monoisotopic (exact) mass is 390 g/mol. The first kappa shape index (κ1) is 16.4. The molecule has 0 aliphatic heterocycles. The van der Waals surface area contributed by atoms with E-state index in [1.54, 1.807) is 13.2 Å². The topological polar surface area (TPSA) is 27.7 Å². The van der Waals surface area contributed by atoms with Crippen LogP contribution < -0.4 is 9.47 Å². The Bertz CT molecular complexity index is 396. The van der Waals surface area contributed by atoms with Gasteiger partial charge in [0.2, 0.25) is 0 Å². The van der Waals surface area contributed by atoms with Gasteiger partial charge in [-0.1, -0.05) is 22.6 Å².